The van der Waals surface area contributed by atoms with Crippen LogP contribution in [-0.4, -0.2) is 39.8 Å². The van der Waals surface area contributed by atoms with Crippen LogP contribution in [0.15, 0.2) is 4.99 Å². The van der Waals surface area contributed by atoms with Crippen LogP contribution in [0.3, 0.4) is 0 Å². The second-order valence-corrected chi connectivity index (χ2v) is 4.46. The lowest BCUT2D eigenvalue weighted by Gasteiger charge is -2.14. The Morgan fingerprint density at radius 2 is 2.27 bits per heavy atom. The molecule has 0 bridgehead atoms. The van der Waals surface area contributed by atoms with Crippen LogP contribution in [-0.2, 0) is 0 Å². The molecule has 0 atom stereocenters. The van der Waals surface area contributed by atoms with E-state index in [1.165, 1.54) is 0 Å². The summed E-state index contributed by atoms with van der Waals surface area (Å²) in [5, 5.41) is 9.29. The fraction of sp³-hybridized carbons (Fsp3) is 0.667. The second kappa shape index (κ2) is 3.06. The minimum absolute atomic E-state index is 0.665. The van der Waals surface area contributed by atoms with E-state index in [1.807, 2.05) is 4.90 Å². The number of aliphatic imine (C=N–C) groups is 1. The molecule has 11 heavy (non-hydrogen) atoms. The zero-order valence-electron chi connectivity index (χ0n) is 6.04. The lowest BCUT2D eigenvalue weighted by molar-refractivity contribution is 0.684. The molecule has 2 rings (SSSR count). The average Bonchev–Trinajstić information content (AvgIpc) is 2.55. The highest BCUT2D eigenvalue weighted by Crippen LogP contribution is 2.23. The van der Waals surface area contributed by atoms with Crippen LogP contribution in [0.4, 0.5) is 0 Å². The van der Waals surface area contributed by atoms with E-state index in [0.717, 1.165) is 29.8 Å². The lowest BCUT2D eigenvalue weighted by atomic mass is 10.6. The Bertz CT molecular complexity index is 214. The molecule has 2 aliphatic heterocycles. The van der Waals surface area contributed by atoms with Gasteiger partial charge in [-0.25, -0.2) is 0 Å². The van der Waals surface area contributed by atoms with Crippen molar-refractivity contribution in [1.82, 2.24) is 4.90 Å². The lowest BCUT2D eigenvalue weighted by Crippen LogP contribution is -2.27. The fourth-order valence-electron chi connectivity index (χ4n) is 1.08. The van der Waals surface area contributed by atoms with Gasteiger partial charge in [0.15, 0.2) is 10.3 Å². The average molecular weight is 187 g/mol. The van der Waals surface area contributed by atoms with Crippen molar-refractivity contribution in [3.8, 4) is 0 Å². The number of nitrogens with one attached hydrogen (secondary N) is 1. The van der Waals surface area contributed by atoms with Crippen molar-refractivity contribution in [2.45, 2.75) is 0 Å². The second-order valence-electron chi connectivity index (χ2n) is 2.32. The summed E-state index contributed by atoms with van der Waals surface area (Å²) in [4.78, 5) is 6.32. The maximum absolute atomic E-state index is 7.57. The fourth-order valence-corrected chi connectivity index (χ4v) is 2.83. The summed E-state index contributed by atoms with van der Waals surface area (Å²) < 4.78 is 0. The normalized spacial score (nSPS) is 24.5. The Labute approximate surface area is 74.1 Å². The van der Waals surface area contributed by atoms with Gasteiger partial charge in [-0.15, -0.1) is 0 Å². The topological polar surface area (TPSA) is 39.5 Å². The molecule has 0 aromatic rings. The first-order chi connectivity index (χ1) is 5.38. The molecule has 0 radical (unpaired) electrons. The highest BCUT2D eigenvalue weighted by molar-refractivity contribution is 8.16. The van der Waals surface area contributed by atoms with E-state index >= 15 is 0 Å². The summed E-state index contributed by atoms with van der Waals surface area (Å²) in [5.41, 5.74) is 0. The zero-order chi connectivity index (χ0) is 7.68. The van der Waals surface area contributed by atoms with Gasteiger partial charge >= 0.3 is 0 Å². The van der Waals surface area contributed by atoms with Gasteiger partial charge in [0.25, 0.3) is 0 Å². The van der Waals surface area contributed by atoms with Crippen molar-refractivity contribution in [3.05, 3.63) is 0 Å². The number of amidine groups is 2. The smallest absolute Gasteiger partial charge is 0.165 e. The Hall–Kier alpha value is -0.160. The van der Waals surface area contributed by atoms with Crippen LogP contribution in [0, 0.1) is 5.41 Å². The summed E-state index contributed by atoms with van der Waals surface area (Å²) in [7, 11) is 0. The highest BCUT2D eigenvalue weighted by Gasteiger charge is 2.24. The Morgan fingerprint density at radius 3 is 2.82 bits per heavy atom. The van der Waals surface area contributed by atoms with Crippen LogP contribution in [0.2, 0.25) is 0 Å². The van der Waals surface area contributed by atoms with Gasteiger partial charge in [-0.1, -0.05) is 23.5 Å². The third-order valence-corrected chi connectivity index (χ3v) is 3.47. The van der Waals surface area contributed by atoms with Crippen molar-refractivity contribution >= 4 is 33.9 Å². The Kier molecular flexibility index (Phi) is 2.09. The first-order valence-corrected chi connectivity index (χ1v) is 5.51. The van der Waals surface area contributed by atoms with E-state index < -0.39 is 0 Å². The monoisotopic (exact) mass is 187 g/mol. The molecule has 0 unspecified atom stereocenters. The van der Waals surface area contributed by atoms with E-state index in [4.69, 9.17) is 5.41 Å². The van der Waals surface area contributed by atoms with Crippen LogP contribution in [0.25, 0.3) is 0 Å². The van der Waals surface area contributed by atoms with Crippen LogP contribution >= 0.6 is 23.5 Å². The van der Waals surface area contributed by atoms with Gasteiger partial charge in [-0.2, -0.15) is 0 Å². The molecule has 0 spiro atoms. The standard InChI is InChI=1S/C6H9N3S2/c7-5-9(2-4-10-5)6-8-1-3-11-6/h7H,1-4H2. The van der Waals surface area contributed by atoms with Gasteiger partial charge in [0, 0.05) is 18.1 Å². The molecule has 2 aliphatic rings. The van der Waals surface area contributed by atoms with Crippen LogP contribution < -0.4 is 0 Å². The van der Waals surface area contributed by atoms with Crippen molar-refractivity contribution in [3.63, 3.8) is 0 Å². The van der Waals surface area contributed by atoms with E-state index in [2.05, 4.69) is 4.99 Å². The van der Waals surface area contributed by atoms with Crippen LogP contribution in [0.1, 0.15) is 0 Å². The SMILES string of the molecule is N=C1SCCN1C1=NCCS1. The summed E-state index contributed by atoms with van der Waals surface area (Å²) in [6, 6.07) is 0. The van der Waals surface area contributed by atoms with Crippen molar-refractivity contribution in [1.29, 1.82) is 5.41 Å². The van der Waals surface area contributed by atoms with E-state index in [0.29, 0.717) is 5.17 Å². The molecule has 60 valence electrons. The third-order valence-electron chi connectivity index (χ3n) is 1.60. The quantitative estimate of drug-likeness (QED) is 0.616. The molecule has 0 aromatic carbocycles. The predicted octanol–water partition coefficient (Wildman–Crippen LogP) is 1.07. The van der Waals surface area contributed by atoms with Crippen molar-refractivity contribution in [2.24, 2.45) is 4.99 Å². The molecule has 0 aromatic heterocycles. The van der Waals surface area contributed by atoms with Gasteiger partial charge < -0.3 is 0 Å². The number of hydrogen-bond donors (Lipinski definition) is 1. The Balaban J connectivity index is 2.08. The zero-order valence-corrected chi connectivity index (χ0v) is 7.67. The molecule has 3 nitrogen and oxygen atoms in total. The third kappa shape index (κ3) is 1.39. The molecule has 0 aliphatic carbocycles. The summed E-state index contributed by atoms with van der Waals surface area (Å²) in [5.74, 6) is 2.13. The van der Waals surface area contributed by atoms with Gasteiger partial charge in [0.2, 0.25) is 0 Å². The van der Waals surface area contributed by atoms with Crippen molar-refractivity contribution < 1.29 is 0 Å². The maximum atomic E-state index is 7.57. The molecule has 0 amide bonds. The predicted molar refractivity (Wildman–Crippen MR) is 51.7 cm³/mol. The van der Waals surface area contributed by atoms with Gasteiger partial charge in [-0.3, -0.25) is 15.3 Å². The molecule has 1 saturated heterocycles. The van der Waals surface area contributed by atoms with Crippen molar-refractivity contribution in [2.75, 3.05) is 24.6 Å². The van der Waals surface area contributed by atoms with Gasteiger partial charge in [-0.05, 0) is 0 Å². The minimum Gasteiger partial charge on any atom is -0.300 e. The number of rotatable bonds is 0. The van der Waals surface area contributed by atoms with E-state index in [-0.39, 0.29) is 0 Å². The molecule has 2 heterocycles. The highest BCUT2D eigenvalue weighted by atomic mass is 32.2. The van der Waals surface area contributed by atoms with E-state index in [1.54, 1.807) is 23.5 Å². The molecule has 1 N–H and O–H groups in total. The van der Waals surface area contributed by atoms with Crippen LogP contribution in [0.5, 0.6) is 0 Å². The number of nitrogens with zero attached hydrogens (tertiary/aromatic N) is 2. The summed E-state index contributed by atoms with van der Waals surface area (Å²) in [6.45, 7) is 1.89. The first-order valence-electron chi connectivity index (χ1n) is 3.54. The summed E-state index contributed by atoms with van der Waals surface area (Å²) >= 11 is 3.37. The Morgan fingerprint density at radius 1 is 1.36 bits per heavy atom. The molecule has 0 saturated carbocycles. The minimum atomic E-state index is 0.665. The van der Waals surface area contributed by atoms with Gasteiger partial charge in [0.05, 0.1) is 6.54 Å². The molecular weight excluding hydrogens is 178 g/mol. The number of thioether (sulfide) groups is 2. The molecule has 5 heteroatoms. The maximum Gasteiger partial charge on any atom is 0.165 e. The number of hydrogen-bond acceptors (Lipinski definition) is 4. The molecule has 1 fully saturated rings. The largest absolute Gasteiger partial charge is 0.300 e. The molecular formula is C6H9N3S2. The van der Waals surface area contributed by atoms with E-state index in [9.17, 15) is 0 Å². The van der Waals surface area contributed by atoms with Gasteiger partial charge in [0.1, 0.15) is 0 Å². The first kappa shape index (κ1) is 7.49. The summed E-state index contributed by atoms with van der Waals surface area (Å²) in [6.07, 6.45) is 0.